The van der Waals surface area contributed by atoms with E-state index in [9.17, 15) is 26.3 Å². The summed E-state index contributed by atoms with van der Waals surface area (Å²) in [7, 11) is 0. The molecule has 1 N–H and O–H groups in total. The van der Waals surface area contributed by atoms with E-state index in [1.54, 1.807) is 0 Å². The second-order valence-corrected chi connectivity index (χ2v) is 4.58. The van der Waals surface area contributed by atoms with Gasteiger partial charge in [0, 0.05) is 6.54 Å². The number of hydrogen-bond donors (Lipinski definition) is 1. The number of benzene rings is 1. The first-order valence-corrected chi connectivity index (χ1v) is 6.36. The Morgan fingerprint density at radius 2 is 1.82 bits per heavy atom. The summed E-state index contributed by atoms with van der Waals surface area (Å²) >= 11 is 0. The molecule has 0 saturated carbocycles. The predicted octanol–water partition coefficient (Wildman–Crippen LogP) is 3.24. The van der Waals surface area contributed by atoms with E-state index in [1.807, 2.05) is 0 Å². The summed E-state index contributed by atoms with van der Waals surface area (Å²) in [4.78, 5) is 3.88. The van der Waals surface area contributed by atoms with Gasteiger partial charge in [0.05, 0.1) is 17.7 Å². The van der Waals surface area contributed by atoms with Gasteiger partial charge in [0.2, 0.25) is 0 Å². The topological polar surface area (TPSA) is 33.6 Å². The molecule has 0 spiro atoms. The van der Waals surface area contributed by atoms with Crippen LogP contribution in [0.2, 0.25) is 0 Å². The number of rotatable bonds is 3. The van der Waals surface area contributed by atoms with E-state index < -0.39 is 29.0 Å². The summed E-state index contributed by atoms with van der Waals surface area (Å²) in [5.41, 5.74) is -2.60. The van der Waals surface area contributed by atoms with Crippen molar-refractivity contribution in [3.05, 3.63) is 34.9 Å². The van der Waals surface area contributed by atoms with Crippen LogP contribution in [0.4, 0.5) is 26.3 Å². The monoisotopic (exact) mass is 326 g/mol. The van der Waals surface area contributed by atoms with Crippen LogP contribution in [0.5, 0.6) is 0 Å². The van der Waals surface area contributed by atoms with Crippen molar-refractivity contribution in [1.29, 1.82) is 0 Å². The Bertz CT molecular complexity index is 565. The lowest BCUT2D eigenvalue weighted by molar-refractivity contribution is -0.141. The van der Waals surface area contributed by atoms with Gasteiger partial charge in [-0.1, -0.05) is 0 Å². The molecule has 9 heteroatoms. The quantitative estimate of drug-likeness (QED) is 0.865. The summed E-state index contributed by atoms with van der Waals surface area (Å²) in [5.74, 6) is 0. The molecule has 0 radical (unpaired) electrons. The van der Waals surface area contributed by atoms with Crippen LogP contribution in [0.15, 0.2) is 23.2 Å². The second kappa shape index (κ2) is 6.05. The van der Waals surface area contributed by atoms with Gasteiger partial charge in [-0.2, -0.15) is 26.3 Å². The lowest BCUT2D eigenvalue weighted by Crippen LogP contribution is -2.26. The van der Waals surface area contributed by atoms with Gasteiger partial charge >= 0.3 is 12.4 Å². The number of hydrogen-bond acceptors (Lipinski definition) is 3. The van der Waals surface area contributed by atoms with Crippen molar-refractivity contribution in [3.8, 4) is 0 Å². The molecule has 122 valence electrons. The van der Waals surface area contributed by atoms with Gasteiger partial charge in [-0.15, -0.1) is 0 Å². The molecule has 0 unspecified atom stereocenters. The van der Waals surface area contributed by atoms with Gasteiger partial charge in [-0.25, -0.2) is 4.99 Å². The summed E-state index contributed by atoms with van der Waals surface area (Å²) in [5, 5.41) is 2.65. The third-order valence-corrected chi connectivity index (χ3v) is 2.99. The van der Waals surface area contributed by atoms with Crippen LogP contribution in [-0.2, 0) is 23.5 Å². The molecular formula is C13H12F6N2O. The minimum Gasteiger partial charge on any atom is -0.463 e. The summed E-state index contributed by atoms with van der Waals surface area (Å²) < 4.78 is 81.5. The highest BCUT2D eigenvalue weighted by Crippen LogP contribution is 2.36. The largest absolute Gasteiger partial charge is 0.463 e. The van der Waals surface area contributed by atoms with Crippen LogP contribution < -0.4 is 5.32 Å². The minimum absolute atomic E-state index is 0.0107. The van der Waals surface area contributed by atoms with Crippen molar-refractivity contribution in [3.63, 3.8) is 0 Å². The predicted molar refractivity (Wildman–Crippen MR) is 66.4 cm³/mol. The van der Waals surface area contributed by atoms with Crippen LogP contribution in [-0.4, -0.2) is 25.7 Å². The van der Waals surface area contributed by atoms with E-state index in [2.05, 4.69) is 10.3 Å². The summed E-state index contributed by atoms with van der Waals surface area (Å²) in [6.07, 6.45) is -9.63. The van der Waals surface area contributed by atoms with E-state index in [1.165, 1.54) is 0 Å². The van der Waals surface area contributed by atoms with E-state index in [0.29, 0.717) is 31.4 Å². The van der Waals surface area contributed by atoms with E-state index in [0.717, 1.165) is 0 Å². The van der Waals surface area contributed by atoms with E-state index in [-0.39, 0.29) is 19.0 Å². The van der Waals surface area contributed by atoms with Crippen molar-refractivity contribution in [2.24, 2.45) is 4.99 Å². The molecule has 1 aliphatic heterocycles. The number of amidine groups is 1. The lowest BCUT2D eigenvalue weighted by atomic mass is 10.0. The second-order valence-electron chi connectivity index (χ2n) is 4.58. The van der Waals surface area contributed by atoms with Crippen LogP contribution in [0.25, 0.3) is 0 Å². The number of nitrogens with zero attached hydrogens (tertiary/aromatic N) is 1. The standard InChI is InChI=1S/C13H12F6N2O/c14-12(15,16)9-1-2-10(13(17,18)19)8(7-9)3-4-20-11-21-5-6-22-11/h1-2,7H,3-6H2,(H,20,21). The van der Waals surface area contributed by atoms with E-state index in [4.69, 9.17) is 4.74 Å². The highest BCUT2D eigenvalue weighted by atomic mass is 19.4. The third kappa shape index (κ3) is 4.05. The zero-order valence-electron chi connectivity index (χ0n) is 11.2. The van der Waals surface area contributed by atoms with Crippen molar-refractivity contribution in [1.82, 2.24) is 5.32 Å². The van der Waals surface area contributed by atoms with Gasteiger partial charge in [0.15, 0.2) is 0 Å². The molecule has 0 aliphatic carbocycles. The Morgan fingerprint density at radius 1 is 1.09 bits per heavy atom. The molecule has 0 bridgehead atoms. The molecule has 0 aromatic heterocycles. The van der Waals surface area contributed by atoms with Crippen molar-refractivity contribution < 1.29 is 31.1 Å². The zero-order chi connectivity index (χ0) is 16.4. The maximum atomic E-state index is 12.9. The van der Waals surface area contributed by atoms with Crippen LogP contribution in [0.3, 0.4) is 0 Å². The highest BCUT2D eigenvalue weighted by Gasteiger charge is 2.36. The van der Waals surface area contributed by atoms with Gasteiger partial charge in [-0.3, -0.25) is 0 Å². The highest BCUT2D eigenvalue weighted by molar-refractivity contribution is 5.74. The lowest BCUT2D eigenvalue weighted by Gasteiger charge is -2.16. The van der Waals surface area contributed by atoms with Gasteiger partial charge in [0.25, 0.3) is 6.02 Å². The average molecular weight is 326 g/mol. The first kappa shape index (κ1) is 16.4. The molecule has 0 fully saturated rings. The maximum Gasteiger partial charge on any atom is 0.416 e. The molecule has 1 aromatic carbocycles. The minimum atomic E-state index is -4.71. The molecule has 0 atom stereocenters. The molecule has 0 saturated heterocycles. The SMILES string of the molecule is FC(F)(F)c1ccc(C(F)(F)F)c(CCNC2=NCCO2)c1. The summed E-state index contributed by atoms with van der Waals surface area (Å²) in [6.45, 7) is 0.808. The molecular weight excluding hydrogens is 314 g/mol. The molecule has 1 aliphatic rings. The third-order valence-electron chi connectivity index (χ3n) is 2.99. The molecule has 3 nitrogen and oxygen atoms in total. The van der Waals surface area contributed by atoms with Gasteiger partial charge in [0.1, 0.15) is 6.61 Å². The molecule has 22 heavy (non-hydrogen) atoms. The molecule has 2 rings (SSSR count). The fourth-order valence-electron chi connectivity index (χ4n) is 2.00. The normalized spacial score (nSPS) is 15.5. The molecule has 0 amide bonds. The Balaban J connectivity index is 2.17. The molecule has 1 aromatic rings. The first-order chi connectivity index (χ1) is 10.2. The number of alkyl halides is 6. The van der Waals surface area contributed by atoms with Crippen molar-refractivity contribution in [2.75, 3.05) is 19.7 Å². The van der Waals surface area contributed by atoms with Crippen molar-refractivity contribution >= 4 is 6.02 Å². The van der Waals surface area contributed by atoms with Crippen LogP contribution >= 0.6 is 0 Å². The number of halogens is 6. The number of nitrogens with one attached hydrogen (secondary N) is 1. The molecule has 1 heterocycles. The fraction of sp³-hybridized carbons (Fsp3) is 0.462. The fourth-order valence-corrected chi connectivity index (χ4v) is 2.00. The van der Waals surface area contributed by atoms with Gasteiger partial charge < -0.3 is 10.1 Å². The van der Waals surface area contributed by atoms with Crippen LogP contribution in [0, 0.1) is 0 Å². The summed E-state index contributed by atoms with van der Waals surface area (Å²) in [6, 6.07) is 1.62. The Morgan fingerprint density at radius 3 is 2.36 bits per heavy atom. The van der Waals surface area contributed by atoms with Gasteiger partial charge in [-0.05, 0) is 30.2 Å². The average Bonchev–Trinajstić information content (AvgIpc) is 2.89. The first-order valence-electron chi connectivity index (χ1n) is 6.36. The Labute approximate surface area is 122 Å². The maximum absolute atomic E-state index is 12.9. The Kier molecular flexibility index (Phi) is 4.52. The zero-order valence-corrected chi connectivity index (χ0v) is 11.2. The van der Waals surface area contributed by atoms with E-state index >= 15 is 0 Å². The van der Waals surface area contributed by atoms with Crippen molar-refractivity contribution in [2.45, 2.75) is 18.8 Å². The Hall–Kier alpha value is -1.93. The smallest absolute Gasteiger partial charge is 0.416 e. The number of aliphatic imine (C=N–C) groups is 1. The van der Waals surface area contributed by atoms with Crippen LogP contribution in [0.1, 0.15) is 16.7 Å². The number of ether oxygens (including phenoxy) is 1.